The van der Waals surface area contributed by atoms with Gasteiger partial charge in [0.1, 0.15) is 5.82 Å². The molecule has 25 heavy (non-hydrogen) atoms. The van der Waals surface area contributed by atoms with E-state index in [1.165, 1.54) is 18.9 Å². The molecule has 2 aromatic rings. The van der Waals surface area contributed by atoms with E-state index in [1.54, 1.807) is 6.07 Å². The Morgan fingerprint density at radius 2 is 1.68 bits per heavy atom. The van der Waals surface area contributed by atoms with Crippen LogP contribution in [0.3, 0.4) is 0 Å². The van der Waals surface area contributed by atoms with Gasteiger partial charge >= 0.3 is 0 Å². The SMILES string of the molecule is Cc1ccc(-c2ccc(C(=O)NC3CC4CCC(C3)N4)c(F)c2)cc1. The molecule has 3 nitrogen and oxygen atoms in total. The number of hydrogen-bond donors (Lipinski definition) is 2. The van der Waals surface area contributed by atoms with Crippen molar-refractivity contribution in [1.82, 2.24) is 10.6 Å². The highest BCUT2D eigenvalue weighted by molar-refractivity contribution is 5.95. The van der Waals surface area contributed by atoms with Gasteiger partial charge in [-0.2, -0.15) is 0 Å². The van der Waals surface area contributed by atoms with Crippen LogP contribution < -0.4 is 10.6 Å². The normalized spacial score (nSPS) is 25.0. The number of benzene rings is 2. The van der Waals surface area contributed by atoms with Crippen molar-refractivity contribution < 1.29 is 9.18 Å². The lowest BCUT2D eigenvalue weighted by molar-refractivity contribution is 0.0920. The molecule has 2 heterocycles. The zero-order valence-electron chi connectivity index (χ0n) is 14.4. The van der Waals surface area contributed by atoms with Crippen LogP contribution in [0.25, 0.3) is 11.1 Å². The number of hydrogen-bond acceptors (Lipinski definition) is 2. The van der Waals surface area contributed by atoms with Crippen molar-refractivity contribution in [2.24, 2.45) is 0 Å². The number of halogens is 1. The van der Waals surface area contributed by atoms with Gasteiger partial charge in [-0.3, -0.25) is 4.79 Å². The van der Waals surface area contributed by atoms with Crippen LogP contribution in [0.2, 0.25) is 0 Å². The summed E-state index contributed by atoms with van der Waals surface area (Å²) in [5, 5.41) is 6.57. The van der Waals surface area contributed by atoms with E-state index in [2.05, 4.69) is 10.6 Å². The van der Waals surface area contributed by atoms with Gasteiger partial charge in [0.2, 0.25) is 0 Å². The highest BCUT2D eigenvalue weighted by Crippen LogP contribution is 2.27. The average Bonchev–Trinajstić information content (AvgIpc) is 2.94. The molecule has 1 amide bonds. The average molecular weight is 338 g/mol. The lowest BCUT2D eigenvalue weighted by atomic mass is 9.98. The summed E-state index contributed by atoms with van der Waals surface area (Å²) < 4.78 is 14.5. The van der Waals surface area contributed by atoms with Gasteiger partial charge in [-0.05, 0) is 55.9 Å². The molecule has 2 saturated heterocycles. The van der Waals surface area contributed by atoms with Crippen molar-refractivity contribution in [1.29, 1.82) is 0 Å². The van der Waals surface area contributed by atoms with Crippen LogP contribution in [0.15, 0.2) is 42.5 Å². The monoisotopic (exact) mass is 338 g/mol. The lowest BCUT2D eigenvalue weighted by Crippen LogP contribution is -2.48. The molecule has 130 valence electrons. The lowest BCUT2D eigenvalue weighted by Gasteiger charge is -2.29. The molecule has 2 unspecified atom stereocenters. The van der Waals surface area contributed by atoms with Gasteiger partial charge in [0.05, 0.1) is 5.56 Å². The zero-order chi connectivity index (χ0) is 17.4. The van der Waals surface area contributed by atoms with E-state index < -0.39 is 5.82 Å². The molecule has 0 saturated carbocycles. The Morgan fingerprint density at radius 3 is 2.32 bits per heavy atom. The number of carbonyl (C=O) groups is 1. The Kier molecular flexibility index (Phi) is 4.30. The van der Waals surface area contributed by atoms with E-state index in [-0.39, 0.29) is 17.5 Å². The molecule has 2 N–H and O–H groups in total. The number of fused-ring (bicyclic) bond motifs is 2. The summed E-state index contributed by atoms with van der Waals surface area (Å²) >= 11 is 0. The quantitative estimate of drug-likeness (QED) is 0.893. The highest BCUT2D eigenvalue weighted by atomic mass is 19.1. The summed E-state index contributed by atoms with van der Waals surface area (Å²) in [5.74, 6) is -0.772. The number of piperidine rings is 1. The van der Waals surface area contributed by atoms with Crippen molar-refractivity contribution in [3.63, 3.8) is 0 Å². The van der Waals surface area contributed by atoms with Gasteiger partial charge < -0.3 is 10.6 Å². The van der Waals surface area contributed by atoms with Crippen LogP contribution in [0.4, 0.5) is 4.39 Å². The number of rotatable bonds is 3. The van der Waals surface area contributed by atoms with Gasteiger partial charge in [0, 0.05) is 18.1 Å². The Hall–Kier alpha value is -2.20. The number of amides is 1. The Bertz CT molecular complexity index is 775. The molecule has 2 fully saturated rings. The van der Waals surface area contributed by atoms with Gasteiger partial charge in [-0.15, -0.1) is 0 Å². The van der Waals surface area contributed by atoms with Crippen LogP contribution in [-0.2, 0) is 0 Å². The maximum absolute atomic E-state index is 14.5. The van der Waals surface area contributed by atoms with E-state index in [9.17, 15) is 9.18 Å². The van der Waals surface area contributed by atoms with Crippen LogP contribution in [0.1, 0.15) is 41.6 Å². The summed E-state index contributed by atoms with van der Waals surface area (Å²) in [4.78, 5) is 12.5. The van der Waals surface area contributed by atoms with Crippen LogP contribution in [0.5, 0.6) is 0 Å². The van der Waals surface area contributed by atoms with Crippen molar-refractivity contribution in [2.75, 3.05) is 0 Å². The first kappa shape index (κ1) is 16.3. The molecule has 2 aliphatic heterocycles. The highest BCUT2D eigenvalue weighted by Gasteiger charge is 2.34. The van der Waals surface area contributed by atoms with E-state index >= 15 is 0 Å². The molecule has 2 aromatic carbocycles. The fourth-order valence-corrected chi connectivity index (χ4v) is 4.06. The third-order valence-corrected chi connectivity index (χ3v) is 5.41. The van der Waals surface area contributed by atoms with E-state index in [4.69, 9.17) is 0 Å². The first-order chi connectivity index (χ1) is 12.1. The largest absolute Gasteiger partial charge is 0.349 e. The fraction of sp³-hybridized carbons (Fsp3) is 0.381. The maximum atomic E-state index is 14.5. The van der Waals surface area contributed by atoms with Gasteiger partial charge in [-0.25, -0.2) is 4.39 Å². The first-order valence-corrected chi connectivity index (χ1v) is 9.02. The van der Waals surface area contributed by atoms with Crippen LogP contribution in [-0.4, -0.2) is 24.0 Å². The molecule has 4 rings (SSSR count). The summed E-state index contributed by atoms with van der Waals surface area (Å²) in [6.45, 7) is 2.02. The zero-order valence-corrected chi connectivity index (χ0v) is 14.4. The van der Waals surface area contributed by atoms with E-state index in [0.717, 1.165) is 29.5 Å². The smallest absolute Gasteiger partial charge is 0.254 e. The summed E-state index contributed by atoms with van der Waals surface area (Å²) in [6.07, 6.45) is 4.23. The Balaban J connectivity index is 1.48. The molecule has 0 aromatic heterocycles. The van der Waals surface area contributed by atoms with Gasteiger partial charge in [0.25, 0.3) is 5.91 Å². The fourth-order valence-electron chi connectivity index (χ4n) is 4.06. The second kappa shape index (κ2) is 6.60. The number of nitrogens with one attached hydrogen (secondary N) is 2. The summed E-state index contributed by atoms with van der Waals surface area (Å²) in [7, 11) is 0. The van der Waals surface area contributed by atoms with Crippen molar-refractivity contribution in [2.45, 2.75) is 50.7 Å². The second-order valence-electron chi connectivity index (χ2n) is 7.34. The van der Waals surface area contributed by atoms with Crippen molar-refractivity contribution in [3.8, 4) is 11.1 Å². The van der Waals surface area contributed by atoms with Crippen LogP contribution in [0, 0.1) is 12.7 Å². The predicted octanol–water partition coefficient (Wildman–Crippen LogP) is 3.81. The minimum Gasteiger partial charge on any atom is -0.349 e. The van der Waals surface area contributed by atoms with Gasteiger partial charge in [-0.1, -0.05) is 35.9 Å². The predicted molar refractivity (Wildman–Crippen MR) is 97.0 cm³/mol. The molecular weight excluding hydrogens is 315 g/mol. The molecule has 2 bridgehead atoms. The Morgan fingerprint density at radius 1 is 1.04 bits per heavy atom. The third kappa shape index (κ3) is 3.45. The minimum atomic E-state index is -0.465. The van der Waals surface area contributed by atoms with Crippen molar-refractivity contribution >= 4 is 5.91 Å². The molecule has 0 aliphatic carbocycles. The number of aryl methyl sites for hydroxylation is 1. The topological polar surface area (TPSA) is 41.1 Å². The standard InChI is InChI=1S/C21H23FN2O/c1-13-2-4-14(5-3-13)15-6-9-19(20(22)10-15)21(25)24-18-11-16-7-8-17(12-18)23-16/h2-6,9-10,16-18,23H,7-8,11-12H2,1H3,(H,24,25). The van der Waals surface area contributed by atoms with E-state index in [1.807, 2.05) is 37.3 Å². The molecule has 0 radical (unpaired) electrons. The summed E-state index contributed by atoms with van der Waals surface area (Å²) in [6, 6.07) is 13.9. The molecule has 4 heteroatoms. The second-order valence-corrected chi connectivity index (χ2v) is 7.34. The van der Waals surface area contributed by atoms with Crippen LogP contribution >= 0.6 is 0 Å². The molecular formula is C21H23FN2O. The third-order valence-electron chi connectivity index (χ3n) is 5.41. The van der Waals surface area contributed by atoms with Crippen molar-refractivity contribution in [3.05, 3.63) is 59.4 Å². The summed E-state index contributed by atoms with van der Waals surface area (Å²) in [5.41, 5.74) is 3.03. The minimum absolute atomic E-state index is 0.127. The number of carbonyl (C=O) groups excluding carboxylic acids is 1. The maximum Gasteiger partial charge on any atom is 0.254 e. The van der Waals surface area contributed by atoms with Gasteiger partial charge in [0.15, 0.2) is 0 Å². The first-order valence-electron chi connectivity index (χ1n) is 9.02. The molecule has 2 atom stereocenters. The van der Waals surface area contributed by atoms with E-state index in [0.29, 0.717) is 12.1 Å². The molecule has 2 aliphatic rings. The Labute approximate surface area is 147 Å². The molecule has 0 spiro atoms.